The van der Waals surface area contributed by atoms with Crippen LogP contribution in [0.1, 0.15) is 30.4 Å². The lowest BCUT2D eigenvalue weighted by atomic mass is 10.0. The van der Waals surface area contributed by atoms with Crippen molar-refractivity contribution in [1.82, 2.24) is 5.16 Å². The maximum absolute atomic E-state index is 12.8. The number of aryl methyl sites for hydroxylation is 2. The van der Waals surface area contributed by atoms with Gasteiger partial charge in [0.2, 0.25) is 5.91 Å². The van der Waals surface area contributed by atoms with Crippen LogP contribution in [0.2, 0.25) is 0 Å². The summed E-state index contributed by atoms with van der Waals surface area (Å²) in [6.45, 7) is 3.70. The molecule has 1 aromatic carbocycles. The molecule has 0 radical (unpaired) electrons. The number of amides is 1. The van der Waals surface area contributed by atoms with E-state index in [1.54, 1.807) is 17.9 Å². The first-order valence-electron chi connectivity index (χ1n) is 7.91. The monoisotopic (exact) mass is 348 g/mol. The molecule has 0 fully saturated rings. The molecule has 24 heavy (non-hydrogen) atoms. The Labute approximate surface area is 141 Å². The molecule has 7 heteroatoms. The Bertz CT molecular complexity index is 857. The molecule has 1 aliphatic heterocycles. The Morgan fingerprint density at radius 2 is 2.12 bits per heavy atom. The van der Waals surface area contributed by atoms with Crippen molar-refractivity contribution in [3.8, 4) is 0 Å². The molecule has 0 saturated carbocycles. The summed E-state index contributed by atoms with van der Waals surface area (Å²) in [7, 11) is -3.68. The molecule has 0 N–H and O–H groups in total. The van der Waals surface area contributed by atoms with Gasteiger partial charge in [0.1, 0.15) is 11.0 Å². The van der Waals surface area contributed by atoms with Crippen LogP contribution in [-0.4, -0.2) is 31.3 Å². The van der Waals surface area contributed by atoms with Crippen LogP contribution >= 0.6 is 0 Å². The Kier molecular flexibility index (Phi) is 4.45. The number of anilines is 1. The summed E-state index contributed by atoms with van der Waals surface area (Å²) >= 11 is 0. The number of carbonyl (C=O) groups excluding carboxylic acids is 1. The van der Waals surface area contributed by atoms with Gasteiger partial charge in [0.25, 0.3) is 0 Å². The van der Waals surface area contributed by atoms with Crippen LogP contribution in [0.3, 0.4) is 0 Å². The van der Waals surface area contributed by atoms with Crippen molar-refractivity contribution in [2.24, 2.45) is 0 Å². The molecular weight excluding hydrogens is 328 g/mol. The SMILES string of the molecule is Cc1cc(CS(=O)(=O)C(C)C(=O)N2CCCc3ccccc32)on1. The number of benzene rings is 1. The smallest absolute Gasteiger partial charge is 0.245 e. The number of carbonyl (C=O) groups is 1. The van der Waals surface area contributed by atoms with Gasteiger partial charge in [-0.25, -0.2) is 8.42 Å². The predicted molar refractivity (Wildman–Crippen MR) is 90.4 cm³/mol. The summed E-state index contributed by atoms with van der Waals surface area (Å²) in [5.74, 6) is -0.458. The summed E-state index contributed by atoms with van der Waals surface area (Å²) in [6.07, 6.45) is 1.73. The molecule has 6 nitrogen and oxygen atoms in total. The Hall–Kier alpha value is -2.15. The number of rotatable bonds is 4. The molecular formula is C17H20N2O4S. The van der Waals surface area contributed by atoms with Gasteiger partial charge in [-0.15, -0.1) is 0 Å². The lowest BCUT2D eigenvalue weighted by molar-refractivity contribution is -0.118. The topological polar surface area (TPSA) is 80.5 Å². The third-order valence-electron chi connectivity index (χ3n) is 4.28. The van der Waals surface area contributed by atoms with E-state index in [0.717, 1.165) is 24.1 Å². The molecule has 128 valence electrons. The quantitative estimate of drug-likeness (QED) is 0.847. The number of para-hydroxylation sites is 1. The maximum Gasteiger partial charge on any atom is 0.245 e. The second-order valence-electron chi connectivity index (χ2n) is 6.11. The van der Waals surface area contributed by atoms with Crippen LogP contribution < -0.4 is 4.90 Å². The van der Waals surface area contributed by atoms with Crippen LogP contribution in [-0.2, 0) is 26.8 Å². The minimum atomic E-state index is -3.68. The molecule has 1 aliphatic rings. The van der Waals surface area contributed by atoms with E-state index in [1.165, 1.54) is 6.92 Å². The summed E-state index contributed by atoms with van der Waals surface area (Å²) in [5.41, 5.74) is 2.50. The van der Waals surface area contributed by atoms with E-state index in [2.05, 4.69) is 5.16 Å². The van der Waals surface area contributed by atoms with Crippen LogP contribution in [0, 0.1) is 6.92 Å². The Balaban J connectivity index is 1.82. The highest BCUT2D eigenvalue weighted by molar-refractivity contribution is 7.92. The van der Waals surface area contributed by atoms with E-state index in [0.29, 0.717) is 12.2 Å². The van der Waals surface area contributed by atoms with Gasteiger partial charge < -0.3 is 9.42 Å². The number of aromatic nitrogens is 1. The Morgan fingerprint density at radius 1 is 1.38 bits per heavy atom. The highest BCUT2D eigenvalue weighted by atomic mass is 32.2. The molecule has 2 heterocycles. The van der Waals surface area contributed by atoms with Crippen molar-refractivity contribution in [2.45, 2.75) is 37.7 Å². The van der Waals surface area contributed by atoms with Gasteiger partial charge in [-0.3, -0.25) is 4.79 Å². The van der Waals surface area contributed by atoms with E-state index in [1.807, 2.05) is 24.3 Å². The van der Waals surface area contributed by atoms with Crippen molar-refractivity contribution in [2.75, 3.05) is 11.4 Å². The number of sulfone groups is 1. The van der Waals surface area contributed by atoms with Crippen LogP contribution in [0.15, 0.2) is 34.9 Å². The van der Waals surface area contributed by atoms with E-state index in [9.17, 15) is 13.2 Å². The first kappa shape index (κ1) is 16.7. The molecule has 1 amide bonds. The predicted octanol–water partition coefficient (Wildman–Crippen LogP) is 2.27. The zero-order valence-corrected chi connectivity index (χ0v) is 14.5. The molecule has 0 aliphatic carbocycles. The Morgan fingerprint density at radius 3 is 2.83 bits per heavy atom. The van der Waals surface area contributed by atoms with E-state index in [4.69, 9.17) is 4.52 Å². The van der Waals surface area contributed by atoms with Crippen molar-refractivity contribution >= 4 is 21.4 Å². The molecule has 0 saturated heterocycles. The fourth-order valence-electron chi connectivity index (χ4n) is 2.94. The lowest BCUT2D eigenvalue weighted by Crippen LogP contribution is -2.44. The molecule has 1 aromatic heterocycles. The fourth-order valence-corrected chi connectivity index (χ4v) is 4.16. The minimum absolute atomic E-state index is 0.256. The third-order valence-corrected chi connectivity index (χ3v) is 6.25. The van der Waals surface area contributed by atoms with E-state index < -0.39 is 21.0 Å². The van der Waals surface area contributed by atoms with Gasteiger partial charge in [0.15, 0.2) is 15.6 Å². The van der Waals surface area contributed by atoms with Crippen molar-refractivity contribution in [1.29, 1.82) is 0 Å². The average molecular weight is 348 g/mol. The van der Waals surface area contributed by atoms with Gasteiger partial charge in [-0.05, 0) is 38.3 Å². The van der Waals surface area contributed by atoms with Gasteiger partial charge >= 0.3 is 0 Å². The van der Waals surface area contributed by atoms with Gasteiger partial charge in [0.05, 0.1) is 5.69 Å². The number of nitrogens with zero attached hydrogens (tertiary/aromatic N) is 2. The van der Waals surface area contributed by atoms with Crippen molar-refractivity contribution in [3.63, 3.8) is 0 Å². The number of hydrogen-bond acceptors (Lipinski definition) is 5. The summed E-state index contributed by atoms with van der Waals surface area (Å²) in [4.78, 5) is 14.4. The zero-order valence-electron chi connectivity index (χ0n) is 13.7. The second kappa shape index (κ2) is 6.39. The van der Waals surface area contributed by atoms with Crippen LogP contribution in [0.5, 0.6) is 0 Å². The number of hydrogen-bond donors (Lipinski definition) is 0. The highest BCUT2D eigenvalue weighted by Crippen LogP contribution is 2.28. The molecule has 1 unspecified atom stereocenters. The largest absolute Gasteiger partial charge is 0.360 e. The van der Waals surface area contributed by atoms with Gasteiger partial charge in [0, 0.05) is 18.3 Å². The molecule has 3 rings (SSSR count). The molecule has 1 atom stereocenters. The summed E-state index contributed by atoms with van der Waals surface area (Å²) in [6, 6.07) is 9.21. The van der Waals surface area contributed by atoms with Crippen LogP contribution in [0.25, 0.3) is 0 Å². The van der Waals surface area contributed by atoms with E-state index in [-0.39, 0.29) is 11.5 Å². The van der Waals surface area contributed by atoms with Gasteiger partial charge in [-0.2, -0.15) is 0 Å². The van der Waals surface area contributed by atoms with Crippen molar-refractivity contribution in [3.05, 3.63) is 47.3 Å². The molecule has 0 bridgehead atoms. The van der Waals surface area contributed by atoms with Gasteiger partial charge in [-0.1, -0.05) is 23.4 Å². The summed E-state index contributed by atoms with van der Waals surface area (Å²) in [5, 5.41) is 2.56. The second-order valence-corrected chi connectivity index (χ2v) is 8.43. The lowest BCUT2D eigenvalue weighted by Gasteiger charge is -2.31. The molecule has 2 aromatic rings. The minimum Gasteiger partial charge on any atom is -0.360 e. The normalized spacial score (nSPS) is 15.8. The molecule has 0 spiro atoms. The maximum atomic E-state index is 12.8. The average Bonchev–Trinajstić information content (AvgIpc) is 2.97. The number of fused-ring (bicyclic) bond motifs is 1. The van der Waals surface area contributed by atoms with E-state index >= 15 is 0 Å². The van der Waals surface area contributed by atoms with Crippen LogP contribution in [0.4, 0.5) is 5.69 Å². The standard InChI is InChI=1S/C17H20N2O4S/c1-12-10-15(23-18-12)11-24(21,22)13(2)17(20)19-9-5-7-14-6-3-4-8-16(14)19/h3-4,6,8,10,13H,5,7,9,11H2,1-2H3. The van der Waals surface area contributed by atoms with Crippen molar-refractivity contribution < 1.29 is 17.7 Å². The highest BCUT2D eigenvalue weighted by Gasteiger charge is 2.34. The fraction of sp³-hybridized carbons (Fsp3) is 0.412. The third kappa shape index (κ3) is 3.21. The first-order chi connectivity index (χ1) is 11.4. The summed E-state index contributed by atoms with van der Waals surface area (Å²) < 4.78 is 30.1. The first-order valence-corrected chi connectivity index (χ1v) is 9.63. The zero-order chi connectivity index (χ0) is 17.3.